The molecule has 0 aliphatic heterocycles. The summed E-state index contributed by atoms with van der Waals surface area (Å²) in [5.74, 6) is -0.291. The molecular formula is C6H8F2O. The van der Waals surface area contributed by atoms with Gasteiger partial charge in [-0.05, 0) is 0 Å². The lowest BCUT2D eigenvalue weighted by Crippen LogP contribution is -2.24. The normalized spacial score (nSPS) is 36.9. The van der Waals surface area contributed by atoms with Crippen molar-refractivity contribution in [1.29, 1.82) is 0 Å². The molecular weight excluding hydrogens is 126 g/mol. The predicted octanol–water partition coefficient (Wildman–Crippen LogP) is 1.42. The van der Waals surface area contributed by atoms with Crippen molar-refractivity contribution in [3.05, 3.63) is 0 Å². The molecule has 52 valence electrons. The Morgan fingerprint density at radius 2 is 1.67 bits per heavy atom. The van der Waals surface area contributed by atoms with Crippen molar-refractivity contribution in [3.8, 4) is 0 Å². The van der Waals surface area contributed by atoms with Gasteiger partial charge >= 0.3 is 0 Å². The Morgan fingerprint density at radius 3 is 2.00 bits per heavy atom. The average Bonchev–Trinajstić information content (AvgIpc) is 1.59. The van der Waals surface area contributed by atoms with Crippen LogP contribution in [0, 0.1) is 0 Å². The van der Waals surface area contributed by atoms with E-state index < -0.39 is 12.3 Å². The third-order valence-electron chi connectivity index (χ3n) is 1.41. The highest BCUT2D eigenvalue weighted by Gasteiger charge is 2.26. The number of Topliss-reactive ketones (excluding diaryl/α,β-unsaturated/α-hetero) is 1. The quantitative estimate of drug-likeness (QED) is 0.489. The molecule has 1 fully saturated rings. The molecule has 0 amide bonds. The number of carbonyl (C=O) groups excluding carboxylic acids is 1. The van der Waals surface area contributed by atoms with E-state index in [0.717, 1.165) is 0 Å². The highest BCUT2D eigenvalue weighted by atomic mass is 19.1. The van der Waals surface area contributed by atoms with E-state index in [1.54, 1.807) is 0 Å². The van der Waals surface area contributed by atoms with Crippen LogP contribution >= 0.6 is 0 Å². The second-order valence-corrected chi connectivity index (χ2v) is 2.38. The van der Waals surface area contributed by atoms with Crippen molar-refractivity contribution in [1.82, 2.24) is 0 Å². The van der Waals surface area contributed by atoms with E-state index in [-0.39, 0.29) is 25.0 Å². The molecule has 2 unspecified atom stereocenters. The molecule has 0 spiro atoms. The molecule has 1 rings (SSSR count). The van der Waals surface area contributed by atoms with Gasteiger partial charge in [-0.2, -0.15) is 0 Å². The summed E-state index contributed by atoms with van der Waals surface area (Å²) in [6, 6.07) is 0. The van der Waals surface area contributed by atoms with Gasteiger partial charge in [0, 0.05) is 19.3 Å². The van der Waals surface area contributed by atoms with E-state index in [2.05, 4.69) is 0 Å². The van der Waals surface area contributed by atoms with Gasteiger partial charge in [-0.15, -0.1) is 0 Å². The summed E-state index contributed by atoms with van der Waals surface area (Å²) in [5, 5.41) is 0. The smallest absolute Gasteiger partial charge is 0.138 e. The monoisotopic (exact) mass is 134 g/mol. The van der Waals surface area contributed by atoms with Crippen molar-refractivity contribution < 1.29 is 13.6 Å². The predicted molar refractivity (Wildman–Crippen MR) is 28.6 cm³/mol. The molecule has 3 heteroatoms. The van der Waals surface area contributed by atoms with Crippen LogP contribution in [0.4, 0.5) is 8.78 Å². The largest absolute Gasteiger partial charge is 0.299 e. The summed E-state index contributed by atoms with van der Waals surface area (Å²) < 4.78 is 24.4. The Morgan fingerprint density at radius 1 is 1.22 bits per heavy atom. The van der Waals surface area contributed by atoms with Crippen molar-refractivity contribution in [2.75, 3.05) is 0 Å². The number of ketones is 1. The lowest BCUT2D eigenvalue weighted by atomic mass is 9.96. The molecule has 0 radical (unpaired) electrons. The molecule has 1 aliphatic rings. The molecule has 0 saturated heterocycles. The van der Waals surface area contributed by atoms with Gasteiger partial charge in [-0.1, -0.05) is 0 Å². The molecule has 0 N–H and O–H groups in total. The van der Waals surface area contributed by atoms with Gasteiger partial charge in [0.2, 0.25) is 0 Å². The molecule has 0 aromatic carbocycles. The molecule has 9 heavy (non-hydrogen) atoms. The summed E-state index contributed by atoms with van der Waals surface area (Å²) in [5.41, 5.74) is 0. The first-order valence-electron chi connectivity index (χ1n) is 2.98. The minimum atomic E-state index is -1.23. The maximum absolute atomic E-state index is 12.2. The van der Waals surface area contributed by atoms with Gasteiger partial charge in [-0.3, -0.25) is 4.79 Å². The number of rotatable bonds is 0. The zero-order valence-electron chi connectivity index (χ0n) is 4.94. The van der Waals surface area contributed by atoms with Crippen LogP contribution < -0.4 is 0 Å². The number of carbonyl (C=O) groups is 1. The molecule has 1 aliphatic carbocycles. The van der Waals surface area contributed by atoms with Gasteiger partial charge in [-0.25, -0.2) is 8.78 Å². The van der Waals surface area contributed by atoms with Crippen LogP contribution in [0.15, 0.2) is 0 Å². The maximum Gasteiger partial charge on any atom is 0.138 e. The Hall–Kier alpha value is -0.470. The molecule has 0 aromatic heterocycles. The molecule has 0 bridgehead atoms. The highest BCUT2D eigenvalue weighted by Crippen LogP contribution is 2.20. The van der Waals surface area contributed by atoms with E-state index in [1.807, 2.05) is 0 Å². The lowest BCUT2D eigenvalue weighted by Gasteiger charge is -2.16. The number of halogens is 2. The van der Waals surface area contributed by atoms with Crippen molar-refractivity contribution in [2.45, 2.75) is 31.6 Å². The maximum atomic E-state index is 12.2. The summed E-state index contributed by atoms with van der Waals surface area (Å²) in [7, 11) is 0. The Labute approximate surface area is 52.1 Å². The molecule has 0 heterocycles. The summed E-state index contributed by atoms with van der Waals surface area (Å²) in [6.45, 7) is 0. The van der Waals surface area contributed by atoms with Crippen LogP contribution in [0.2, 0.25) is 0 Å². The van der Waals surface area contributed by atoms with Crippen molar-refractivity contribution in [2.24, 2.45) is 0 Å². The van der Waals surface area contributed by atoms with E-state index in [0.29, 0.717) is 0 Å². The highest BCUT2D eigenvalue weighted by molar-refractivity contribution is 5.80. The fourth-order valence-electron chi connectivity index (χ4n) is 1.02. The molecule has 1 nitrogen and oxygen atoms in total. The molecule has 1 saturated carbocycles. The SMILES string of the molecule is O=C1CC(F)CC(F)C1. The van der Waals surface area contributed by atoms with Crippen molar-refractivity contribution >= 4 is 5.78 Å². The van der Waals surface area contributed by atoms with Gasteiger partial charge in [0.05, 0.1) is 0 Å². The fourth-order valence-corrected chi connectivity index (χ4v) is 1.02. The second-order valence-electron chi connectivity index (χ2n) is 2.38. The van der Waals surface area contributed by atoms with Crippen molar-refractivity contribution in [3.63, 3.8) is 0 Å². The minimum Gasteiger partial charge on any atom is -0.299 e. The van der Waals surface area contributed by atoms with Crippen LogP contribution in [0.3, 0.4) is 0 Å². The standard InChI is InChI=1S/C6H8F2O/c7-4-1-5(8)3-6(9)2-4/h4-5H,1-3H2. The molecule has 2 atom stereocenters. The van der Waals surface area contributed by atoms with Gasteiger partial charge in [0.1, 0.15) is 18.1 Å². The first-order valence-corrected chi connectivity index (χ1v) is 2.98. The summed E-state index contributed by atoms with van der Waals surface area (Å²) in [6.07, 6.45) is -2.73. The summed E-state index contributed by atoms with van der Waals surface area (Å²) >= 11 is 0. The van der Waals surface area contributed by atoms with Crippen LogP contribution in [-0.4, -0.2) is 18.1 Å². The molecule has 0 aromatic rings. The van der Waals surface area contributed by atoms with Gasteiger partial charge < -0.3 is 0 Å². The number of alkyl halides is 2. The third-order valence-corrected chi connectivity index (χ3v) is 1.41. The van der Waals surface area contributed by atoms with Crippen LogP contribution in [0.5, 0.6) is 0 Å². The second kappa shape index (κ2) is 2.42. The third kappa shape index (κ3) is 1.73. The minimum absolute atomic E-state index is 0.0829. The number of hydrogen-bond donors (Lipinski definition) is 0. The summed E-state index contributed by atoms with van der Waals surface area (Å²) in [4.78, 5) is 10.4. The van der Waals surface area contributed by atoms with E-state index >= 15 is 0 Å². The first kappa shape index (κ1) is 6.65. The Bertz CT molecular complexity index is 112. The fraction of sp³-hybridized carbons (Fsp3) is 0.833. The van der Waals surface area contributed by atoms with Crippen LogP contribution in [0.1, 0.15) is 19.3 Å². The van der Waals surface area contributed by atoms with E-state index in [4.69, 9.17) is 0 Å². The van der Waals surface area contributed by atoms with E-state index in [9.17, 15) is 13.6 Å². The van der Waals surface area contributed by atoms with E-state index in [1.165, 1.54) is 0 Å². The Balaban J connectivity index is 2.43. The van der Waals surface area contributed by atoms with Gasteiger partial charge in [0.25, 0.3) is 0 Å². The Kier molecular flexibility index (Phi) is 1.78. The number of hydrogen-bond acceptors (Lipinski definition) is 1. The van der Waals surface area contributed by atoms with Gasteiger partial charge in [0.15, 0.2) is 0 Å². The zero-order valence-corrected chi connectivity index (χ0v) is 4.94. The first-order chi connectivity index (χ1) is 4.18. The van der Waals surface area contributed by atoms with Crippen LogP contribution in [0.25, 0.3) is 0 Å². The lowest BCUT2D eigenvalue weighted by molar-refractivity contribution is -0.123. The zero-order chi connectivity index (χ0) is 6.85. The average molecular weight is 134 g/mol. The topological polar surface area (TPSA) is 17.1 Å². The van der Waals surface area contributed by atoms with Crippen LogP contribution in [-0.2, 0) is 4.79 Å².